The van der Waals surface area contributed by atoms with Gasteiger partial charge in [0.05, 0.1) is 39.9 Å². The van der Waals surface area contributed by atoms with Crippen LogP contribution in [0.3, 0.4) is 0 Å². The van der Waals surface area contributed by atoms with E-state index in [1.54, 1.807) is 0 Å². The molecule has 0 spiro atoms. The van der Waals surface area contributed by atoms with Crippen molar-refractivity contribution in [3.8, 4) is 0 Å². The van der Waals surface area contributed by atoms with Crippen molar-refractivity contribution in [1.29, 1.82) is 0 Å². The molecule has 0 fully saturated rings. The van der Waals surface area contributed by atoms with E-state index in [1.165, 1.54) is 103 Å². The Labute approximate surface area is 493 Å². The number of likely N-dealkylation sites (N-methyl/N-ethyl adjacent to an activating group) is 1. The quantitative estimate of drug-likeness (QED) is 0.0272. The van der Waals surface area contributed by atoms with E-state index in [1.807, 2.05) is 21.1 Å². The average Bonchev–Trinajstić information content (AvgIpc) is 3.42. The van der Waals surface area contributed by atoms with E-state index in [-0.39, 0.29) is 19.1 Å². The highest BCUT2D eigenvalue weighted by Gasteiger charge is 2.24. The first-order valence-corrected chi connectivity index (χ1v) is 33.6. The molecule has 0 aliphatic heterocycles. The van der Waals surface area contributed by atoms with Crippen molar-refractivity contribution in [2.45, 2.75) is 257 Å². The van der Waals surface area contributed by atoms with Gasteiger partial charge in [0, 0.05) is 6.42 Å². The summed E-state index contributed by atoms with van der Waals surface area (Å²) in [7, 11) is 1.26. The number of unbranched alkanes of at least 4 members (excludes halogenated alkanes) is 20. The molecule has 0 saturated carbocycles. The summed E-state index contributed by atoms with van der Waals surface area (Å²) in [6.45, 7) is 4.57. The van der Waals surface area contributed by atoms with Crippen molar-refractivity contribution < 1.29 is 32.9 Å². The predicted octanol–water partition coefficient (Wildman–Crippen LogP) is 19.8. The van der Waals surface area contributed by atoms with E-state index >= 15 is 0 Å². The molecule has 0 aliphatic rings. The summed E-state index contributed by atoms with van der Waals surface area (Å²) in [4.78, 5) is 25.6. The molecule has 0 bridgehead atoms. The largest absolute Gasteiger partial charge is 0.756 e. The number of rotatable bonds is 57. The Hall–Kier alpha value is -3.62. The third-order valence-electron chi connectivity index (χ3n) is 13.6. The lowest BCUT2D eigenvalue weighted by atomic mass is 10.0. The molecule has 0 aliphatic carbocycles. The lowest BCUT2D eigenvalue weighted by molar-refractivity contribution is -0.870. The smallest absolute Gasteiger partial charge is 0.268 e. The number of carbonyl (C=O) groups excluding carboxylic acids is 1. The van der Waals surface area contributed by atoms with Gasteiger partial charge >= 0.3 is 0 Å². The number of phosphoric acid groups is 1. The van der Waals surface area contributed by atoms with Crippen LogP contribution in [0.15, 0.2) is 146 Å². The predicted molar refractivity (Wildman–Crippen MR) is 348 cm³/mol. The molecule has 456 valence electrons. The van der Waals surface area contributed by atoms with E-state index in [9.17, 15) is 19.4 Å². The number of hydrogen-bond donors (Lipinski definition) is 2. The highest BCUT2D eigenvalue weighted by atomic mass is 31.2. The summed E-state index contributed by atoms with van der Waals surface area (Å²) in [5.74, 6) is -0.211. The molecule has 0 rings (SSSR count). The number of carbonyl (C=O) groups is 1. The van der Waals surface area contributed by atoms with Crippen molar-refractivity contribution in [2.24, 2.45) is 0 Å². The Kier molecular flexibility index (Phi) is 57.3. The van der Waals surface area contributed by atoms with Gasteiger partial charge in [-0.25, -0.2) is 0 Å². The second-order valence-corrected chi connectivity index (χ2v) is 23.8. The fourth-order valence-corrected chi connectivity index (χ4v) is 9.33. The van der Waals surface area contributed by atoms with Crippen LogP contribution in [0.1, 0.15) is 245 Å². The first kappa shape index (κ1) is 76.4. The topological polar surface area (TPSA) is 108 Å². The van der Waals surface area contributed by atoms with Crippen LogP contribution in [0, 0.1) is 0 Å². The molecule has 9 heteroatoms. The van der Waals surface area contributed by atoms with Crippen LogP contribution in [0.2, 0.25) is 0 Å². The second-order valence-electron chi connectivity index (χ2n) is 22.4. The molecule has 0 aromatic carbocycles. The molecule has 0 heterocycles. The molecule has 1 amide bonds. The normalized spacial score (nSPS) is 14.7. The molecule has 2 N–H and O–H groups in total. The van der Waals surface area contributed by atoms with Gasteiger partial charge < -0.3 is 28.8 Å². The molecule has 0 aromatic rings. The van der Waals surface area contributed by atoms with E-state index in [4.69, 9.17) is 9.05 Å². The number of amides is 1. The van der Waals surface area contributed by atoms with E-state index in [2.05, 4.69) is 165 Å². The fourth-order valence-electron chi connectivity index (χ4n) is 8.61. The highest BCUT2D eigenvalue weighted by molar-refractivity contribution is 7.45. The van der Waals surface area contributed by atoms with Crippen LogP contribution in [0.4, 0.5) is 0 Å². The third kappa shape index (κ3) is 62.0. The van der Waals surface area contributed by atoms with Crippen LogP contribution in [0.5, 0.6) is 0 Å². The molecule has 8 nitrogen and oxygen atoms in total. The Morgan fingerprint density at radius 3 is 1.09 bits per heavy atom. The summed E-state index contributed by atoms with van der Waals surface area (Å²) >= 11 is 0. The van der Waals surface area contributed by atoms with Crippen molar-refractivity contribution in [2.75, 3.05) is 40.9 Å². The number of nitrogens with one attached hydrogen (secondary N) is 1. The van der Waals surface area contributed by atoms with Gasteiger partial charge in [0.25, 0.3) is 7.82 Å². The van der Waals surface area contributed by atoms with Gasteiger partial charge in [-0.2, -0.15) is 0 Å². The lowest BCUT2D eigenvalue weighted by Gasteiger charge is -2.30. The molecule has 0 aromatic heterocycles. The van der Waals surface area contributed by atoms with Crippen LogP contribution in [-0.4, -0.2) is 68.5 Å². The third-order valence-corrected chi connectivity index (χ3v) is 14.6. The zero-order valence-corrected chi connectivity index (χ0v) is 52.9. The van der Waals surface area contributed by atoms with Crippen LogP contribution in [-0.2, 0) is 18.4 Å². The Balaban J connectivity index is 4.24. The van der Waals surface area contributed by atoms with Gasteiger partial charge in [0.1, 0.15) is 13.2 Å². The van der Waals surface area contributed by atoms with Crippen molar-refractivity contribution in [1.82, 2.24) is 5.32 Å². The first-order chi connectivity index (χ1) is 39.0. The molecule has 0 radical (unpaired) electrons. The molecule has 3 unspecified atom stereocenters. The number of phosphoric ester groups is 1. The molecule has 0 saturated heterocycles. The number of quaternary nitrogens is 1. The monoisotopic (exact) mass is 1130 g/mol. The Morgan fingerprint density at radius 1 is 0.450 bits per heavy atom. The van der Waals surface area contributed by atoms with Gasteiger partial charge in [0.15, 0.2) is 0 Å². The van der Waals surface area contributed by atoms with E-state index < -0.39 is 20.0 Å². The number of nitrogens with zero attached hydrogens (tertiary/aromatic N) is 1. The van der Waals surface area contributed by atoms with Gasteiger partial charge in [-0.1, -0.05) is 282 Å². The zero-order chi connectivity index (χ0) is 58.4. The summed E-state index contributed by atoms with van der Waals surface area (Å²) < 4.78 is 23.4. The number of aliphatic hydroxyl groups excluding tert-OH is 1. The number of hydrogen-bond acceptors (Lipinski definition) is 6. The minimum Gasteiger partial charge on any atom is -0.756 e. The van der Waals surface area contributed by atoms with E-state index in [0.29, 0.717) is 30.3 Å². The van der Waals surface area contributed by atoms with Crippen molar-refractivity contribution in [3.05, 3.63) is 146 Å². The highest BCUT2D eigenvalue weighted by Crippen LogP contribution is 2.38. The fraction of sp³-hybridized carbons (Fsp3) is 0.648. The van der Waals surface area contributed by atoms with Gasteiger partial charge in [0.2, 0.25) is 5.91 Å². The summed E-state index contributed by atoms with van der Waals surface area (Å²) in [6, 6.07) is -0.836. The van der Waals surface area contributed by atoms with Crippen molar-refractivity contribution in [3.63, 3.8) is 0 Å². The SMILES string of the molecule is CC/C=C\C/C=C\C/C=C\C/C=C\C/C=C\C/C=C\C/C=C\C/C=C\C/C=C\C/C=C\C/C=C\C/C=C\CCCCC(=O)NC(COP(=O)([O-])OCC[N+](C)(C)C)C(O)CCCCCCCCCCCCCCCCCCCCC. The maximum Gasteiger partial charge on any atom is 0.268 e. The Morgan fingerprint density at radius 2 is 0.762 bits per heavy atom. The van der Waals surface area contributed by atoms with Crippen LogP contribution < -0.4 is 10.2 Å². The minimum atomic E-state index is -4.60. The Bertz CT molecular complexity index is 1810. The van der Waals surface area contributed by atoms with Crippen molar-refractivity contribution >= 4 is 13.7 Å². The maximum atomic E-state index is 13.0. The minimum absolute atomic E-state index is 0.00387. The maximum absolute atomic E-state index is 13.0. The first-order valence-electron chi connectivity index (χ1n) is 32.2. The van der Waals surface area contributed by atoms with Gasteiger partial charge in [-0.3, -0.25) is 9.36 Å². The number of allylic oxidation sites excluding steroid dienone is 24. The molecular formula is C71H121N2O6P. The standard InChI is InChI=1S/C71H121N2O6P/c1-6-8-10-12-14-16-18-20-22-24-26-27-28-29-30-31-32-33-34-35-36-37-38-39-40-41-42-43-44-45-47-49-51-53-55-57-59-61-63-65-71(75)72-69(68-79-80(76,77)78-67-66-73(3,4)5)70(74)64-62-60-58-56-54-52-50-48-46-25-23-21-19-17-15-13-11-9-7-2/h8,10,14,16,20,22,26-27,29-30,32-33,35-36,38-39,41-42,44-45,49,51,55,57,69-70,74H,6-7,9,11-13,15,17-19,21,23-25,28,31,34,37,40,43,46-48,50,52-54,56,58-68H2,1-5H3,(H-,72,75,76,77)/b10-8-,16-14-,22-20-,27-26-,30-29-,33-32-,36-35-,39-38-,42-41-,45-44-,51-49-,57-55-. The lowest BCUT2D eigenvalue weighted by Crippen LogP contribution is -2.46. The average molecular weight is 1130 g/mol. The summed E-state index contributed by atoms with van der Waals surface area (Å²) in [5.41, 5.74) is 0. The zero-order valence-electron chi connectivity index (χ0n) is 52.0. The molecule has 3 atom stereocenters. The molecule has 80 heavy (non-hydrogen) atoms. The second kappa shape index (κ2) is 60.0. The molecular weight excluding hydrogens is 1010 g/mol. The summed E-state index contributed by atoms with van der Waals surface area (Å²) in [6.07, 6.45) is 91.8. The van der Waals surface area contributed by atoms with Gasteiger partial charge in [-0.15, -0.1) is 0 Å². The summed E-state index contributed by atoms with van der Waals surface area (Å²) in [5, 5.41) is 14.0. The van der Waals surface area contributed by atoms with Crippen LogP contribution in [0.25, 0.3) is 0 Å². The van der Waals surface area contributed by atoms with Crippen LogP contribution >= 0.6 is 7.82 Å². The number of aliphatic hydroxyl groups is 1. The van der Waals surface area contributed by atoms with Gasteiger partial charge in [-0.05, 0) is 103 Å². The van der Waals surface area contributed by atoms with E-state index in [0.717, 1.165) is 109 Å².